The standard InChI is InChI=1S/C11H9N3O2/c12-5-7-1-2-9(13)10(3-7)14-6-8(15)4-11(14)16/h1-3H,4,6,13H2. The molecule has 0 spiro atoms. The Morgan fingerprint density at radius 1 is 1.38 bits per heavy atom. The van der Waals surface area contributed by atoms with Crippen molar-refractivity contribution >= 4 is 23.1 Å². The molecule has 5 heteroatoms. The lowest BCUT2D eigenvalue weighted by molar-refractivity contribution is -0.121. The number of ketones is 1. The highest BCUT2D eigenvalue weighted by Gasteiger charge is 2.29. The Morgan fingerprint density at radius 3 is 2.69 bits per heavy atom. The summed E-state index contributed by atoms with van der Waals surface area (Å²) in [6.07, 6.45) is -0.0871. The number of nitriles is 1. The van der Waals surface area contributed by atoms with Gasteiger partial charge in [-0.3, -0.25) is 9.59 Å². The molecule has 80 valence electrons. The smallest absolute Gasteiger partial charge is 0.234 e. The minimum Gasteiger partial charge on any atom is -0.397 e. The van der Waals surface area contributed by atoms with Gasteiger partial charge in [0.2, 0.25) is 5.91 Å². The third-order valence-electron chi connectivity index (χ3n) is 2.43. The molecule has 1 fully saturated rings. The maximum absolute atomic E-state index is 11.5. The van der Waals surface area contributed by atoms with Gasteiger partial charge in [0, 0.05) is 0 Å². The molecule has 16 heavy (non-hydrogen) atoms. The largest absolute Gasteiger partial charge is 0.397 e. The monoisotopic (exact) mass is 215 g/mol. The zero-order valence-corrected chi connectivity index (χ0v) is 8.43. The molecule has 1 aromatic carbocycles. The number of carbonyl (C=O) groups excluding carboxylic acids is 2. The Morgan fingerprint density at radius 2 is 2.12 bits per heavy atom. The van der Waals surface area contributed by atoms with Crippen LogP contribution in [-0.2, 0) is 9.59 Å². The van der Waals surface area contributed by atoms with Gasteiger partial charge in [-0.15, -0.1) is 0 Å². The molecule has 1 saturated heterocycles. The number of hydrogen-bond donors (Lipinski definition) is 1. The van der Waals surface area contributed by atoms with E-state index in [0.29, 0.717) is 16.9 Å². The summed E-state index contributed by atoms with van der Waals surface area (Å²) in [5.74, 6) is -0.404. The molecule has 5 nitrogen and oxygen atoms in total. The third-order valence-corrected chi connectivity index (χ3v) is 2.43. The van der Waals surface area contributed by atoms with Crippen LogP contribution in [0.4, 0.5) is 11.4 Å². The van der Waals surface area contributed by atoms with Gasteiger partial charge >= 0.3 is 0 Å². The molecule has 0 aliphatic carbocycles. The summed E-state index contributed by atoms with van der Waals surface area (Å²) in [6, 6.07) is 6.62. The van der Waals surface area contributed by atoms with Gasteiger partial charge in [-0.25, -0.2) is 0 Å². The average molecular weight is 215 g/mol. The molecule has 1 heterocycles. The van der Waals surface area contributed by atoms with Crippen molar-refractivity contribution in [2.24, 2.45) is 0 Å². The zero-order chi connectivity index (χ0) is 11.7. The summed E-state index contributed by atoms with van der Waals surface area (Å²) in [7, 11) is 0. The molecule has 2 N–H and O–H groups in total. The van der Waals surface area contributed by atoms with Gasteiger partial charge in [0.25, 0.3) is 0 Å². The highest BCUT2D eigenvalue weighted by atomic mass is 16.2. The first-order valence-electron chi connectivity index (χ1n) is 4.73. The lowest BCUT2D eigenvalue weighted by Gasteiger charge is -2.16. The van der Waals surface area contributed by atoms with E-state index in [0.717, 1.165) is 0 Å². The van der Waals surface area contributed by atoms with E-state index in [1.807, 2.05) is 6.07 Å². The van der Waals surface area contributed by atoms with Crippen molar-refractivity contribution in [1.82, 2.24) is 0 Å². The van der Waals surface area contributed by atoms with E-state index < -0.39 is 0 Å². The van der Waals surface area contributed by atoms with E-state index in [2.05, 4.69) is 0 Å². The van der Waals surface area contributed by atoms with Crippen LogP contribution >= 0.6 is 0 Å². The third kappa shape index (κ3) is 1.61. The van der Waals surface area contributed by atoms with Crippen LogP contribution in [0.15, 0.2) is 18.2 Å². The predicted octanol–water partition coefficient (Wildman–Crippen LogP) is 0.446. The van der Waals surface area contributed by atoms with Gasteiger partial charge in [-0.05, 0) is 18.2 Å². The summed E-state index contributed by atoms with van der Waals surface area (Å²) in [4.78, 5) is 24.0. The van der Waals surface area contributed by atoms with E-state index in [9.17, 15) is 9.59 Å². The van der Waals surface area contributed by atoms with Gasteiger partial charge in [0.1, 0.15) is 0 Å². The summed E-state index contributed by atoms with van der Waals surface area (Å²) < 4.78 is 0. The van der Waals surface area contributed by atoms with Gasteiger partial charge in [0.05, 0.1) is 36.0 Å². The van der Waals surface area contributed by atoms with Gasteiger partial charge in [-0.1, -0.05) is 0 Å². The Labute approximate surface area is 92.1 Å². The van der Waals surface area contributed by atoms with Crippen molar-refractivity contribution in [3.63, 3.8) is 0 Å². The van der Waals surface area contributed by atoms with Crippen LogP contribution in [0.3, 0.4) is 0 Å². The SMILES string of the molecule is N#Cc1ccc(N)c(N2CC(=O)CC2=O)c1. The number of hydrogen-bond acceptors (Lipinski definition) is 4. The Bertz CT molecular complexity index is 516. The highest BCUT2D eigenvalue weighted by molar-refractivity contribution is 6.16. The first kappa shape index (κ1) is 10.2. The second kappa shape index (κ2) is 3.66. The van der Waals surface area contributed by atoms with Crippen LogP contribution in [0.1, 0.15) is 12.0 Å². The van der Waals surface area contributed by atoms with Crippen molar-refractivity contribution in [2.45, 2.75) is 6.42 Å². The topological polar surface area (TPSA) is 87.2 Å². The van der Waals surface area contributed by atoms with Crippen molar-refractivity contribution in [1.29, 1.82) is 5.26 Å². The molecule has 2 rings (SSSR count). The minimum atomic E-state index is -0.271. The number of nitrogens with zero attached hydrogens (tertiary/aromatic N) is 2. The van der Waals surface area contributed by atoms with Crippen LogP contribution < -0.4 is 10.6 Å². The Hall–Kier alpha value is -2.35. The molecule has 1 aromatic rings. The number of nitrogens with two attached hydrogens (primary N) is 1. The number of rotatable bonds is 1. The van der Waals surface area contributed by atoms with Gasteiger partial charge in [-0.2, -0.15) is 5.26 Å². The number of amides is 1. The van der Waals surface area contributed by atoms with E-state index in [1.54, 1.807) is 12.1 Å². The van der Waals surface area contributed by atoms with Crippen LogP contribution in [-0.4, -0.2) is 18.2 Å². The molecular formula is C11H9N3O2. The van der Waals surface area contributed by atoms with E-state index >= 15 is 0 Å². The number of benzene rings is 1. The maximum atomic E-state index is 11.5. The van der Waals surface area contributed by atoms with Crippen LogP contribution in [0.5, 0.6) is 0 Å². The fraction of sp³-hybridized carbons (Fsp3) is 0.182. The van der Waals surface area contributed by atoms with Crippen LogP contribution in [0.2, 0.25) is 0 Å². The summed E-state index contributed by atoms with van der Waals surface area (Å²) in [6.45, 7) is 0.0396. The molecular weight excluding hydrogens is 206 g/mol. The maximum Gasteiger partial charge on any atom is 0.234 e. The van der Waals surface area contributed by atoms with Crippen molar-refractivity contribution in [3.05, 3.63) is 23.8 Å². The molecule has 1 aliphatic rings. The molecule has 0 atom stereocenters. The van der Waals surface area contributed by atoms with E-state index in [-0.39, 0.29) is 24.7 Å². The molecule has 1 amide bonds. The minimum absolute atomic E-state index is 0.0396. The van der Waals surface area contributed by atoms with E-state index in [1.165, 1.54) is 11.0 Å². The van der Waals surface area contributed by atoms with E-state index in [4.69, 9.17) is 11.0 Å². The second-order valence-corrected chi connectivity index (χ2v) is 3.58. The lowest BCUT2D eigenvalue weighted by Crippen LogP contribution is -2.25. The molecule has 0 radical (unpaired) electrons. The van der Waals surface area contributed by atoms with Crippen LogP contribution in [0, 0.1) is 11.3 Å². The first-order chi connectivity index (χ1) is 7.61. The summed E-state index contributed by atoms with van der Waals surface area (Å²) >= 11 is 0. The van der Waals surface area contributed by atoms with Crippen molar-refractivity contribution in [2.75, 3.05) is 17.2 Å². The quantitative estimate of drug-likeness (QED) is 0.544. The van der Waals surface area contributed by atoms with Gasteiger partial charge < -0.3 is 10.6 Å². The lowest BCUT2D eigenvalue weighted by atomic mass is 10.2. The first-order valence-corrected chi connectivity index (χ1v) is 4.73. The fourth-order valence-electron chi connectivity index (χ4n) is 1.65. The molecule has 0 bridgehead atoms. The predicted molar refractivity (Wildman–Crippen MR) is 57.5 cm³/mol. The molecule has 0 aromatic heterocycles. The Kier molecular flexibility index (Phi) is 2.33. The average Bonchev–Trinajstić information content (AvgIpc) is 2.58. The van der Waals surface area contributed by atoms with Crippen molar-refractivity contribution < 1.29 is 9.59 Å². The van der Waals surface area contributed by atoms with Gasteiger partial charge in [0.15, 0.2) is 5.78 Å². The van der Waals surface area contributed by atoms with Crippen LogP contribution in [0.25, 0.3) is 0 Å². The molecule has 0 unspecified atom stereocenters. The summed E-state index contributed by atoms with van der Waals surface area (Å²) in [5.41, 5.74) is 6.96. The summed E-state index contributed by atoms with van der Waals surface area (Å²) in [5, 5.41) is 8.75. The number of Topliss-reactive ketones (excluding diaryl/α,β-unsaturated/α-hetero) is 1. The second-order valence-electron chi connectivity index (χ2n) is 3.58. The normalized spacial score (nSPS) is 15.3. The fourth-order valence-corrected chi connectivity index (χ4v) is 1.65. The number of anilines is 2. The molecule has 1 aliphatic heterocycles. The zero-order valence-electron chi connectivity index (χ0n) is 8.43. The van der Waals surface area contributed by atoms with Crippen molar-refractivity contribution in [3.8, 4) is 6.07 Å². The number of carbonyl (C=O) groups is 2. The highest BCUT2D eigenvalue weighted by Crippen LogP contribution is 2.27. The number of nitrogen functional groups attached to an aromatic ring is 1. The Balaban J connectivity index is 2.44. The molecule has 0 saturated carbocycles.